The first-order valence-electron chi connectivity index (χ1n) is 8.80. The van der Waals surface area contributed by atoms with Crippen LogP contribution in [0.25, 0.3) is 0 Å². The number of hydrogen-bond donors (Lipinski definition) is 2. The van der Waals surface area contributed by atoms with E-state index in [1.54, 1.807) is 42.5 Å². The number of carbonyl (C=O) groups excluding carboxylic acids is 2. The molecule has 28 heavy (non-hydrogen) atoms. The van der Waals surface area contributed by atoms with E-state index in [1.807, 2.05) is 0 Å². The van der Waals surface area contributed by atoms with Gasteiger partial charge < -0.3 is 10.6 Å². The summed E-state index contributed by atoms with van der Waals surface area (Å²) in [6, 6.07) is 13.3. The summed E-state index contributed by atoms with van der Waals surface area (Å²) < 4.78 is 35.9. The van der Waals surface area contributed by atoms with Gasteiger partial charge in [-0.3, -0.25) is 9.59 Å². The largest absolute Gasteiger partial charge is 0.354 e. The quantitative estimate of drug-likeness (QED) is 0.663. The van der Waals surface area contributed by atoms with Crippen LogP contribution in [0.2, 0.25) is 0 Å². The number of rotatable bonds is 9. The van der Waals surface area contributed by atoms with E-state index in [2.05, 4.69) is 10.6 Å². The number of nitrogens with one attached hydrogen (secondary N) is 2. The van der Waals surface area contributed by atoms with Crippen LogP contribution in [0.4, 0.5) is 4.39 Å². The van der Waals surface area contributed by atoms with E-state index in [1.165, 1.54) is 12.1 Å². The van der Waals surface area contributed by atoms with Gasteiger partial charge in [-0.2, -0.15) is 0 Å². The van der Waals surface area contributed by atoms with Crippen molar-refractivity contribution in [3.8, 4) is 0 Å². The van der Waals surface area contributed by atoms with Crippen molar-refractivity contribution < 1.29 is 22.4 Å². The van der Waals surface area contributed by atoms with Gasteiger partial charge in [-0.25, -0.2) is 12.8 Å². The molecule has 0 spiro atoms. The fourth-order valence-corrected chi connectivity index (χ4v) is 3.20. The van der Waals surface area contributed by atoms with Crippen molar-refractivity contribution in [2.24, 2.45) is 0 Å². The van der Waals surface area contributed by atoms with Crippen molar-refractivity contribution >= 4 is 21.7 Å². The van der Waals surface area contributed by atoms with Crippen LogP contribution in [0.15, 0.2) is 54.6 Å². The third-order valence-corrected chi connectivity index (χ3v) is 5.04. The summed E-state index contributed by atoms with van der Waals surface area (Å²) in [6.07, 6.45) is 1.53. The van der Waals surface area contributed by atoms with Gasteiger partial charge in [-0.15, -0.1) is 0 Å². The lowest BCUT2D eigenvalue weighted by Crippen LogP contribution is -2.48. The molecule has 0 bridgehead atoms. The number of benzene rings is 2. The van der Waals surface area contributed by atoms with Gasteiger partial charge in [0.15, 0.2) is 0 Å². The normalized spacial score (nSPS) is 12.2. The molecular weight excluding hydrogens is 383 g/mol. The lowest BCUT2D eigenvalue weighted by atomic mass is 10.1. The molecule has 0 unspecified atom stereocenters. The zero-order valence-electron chi connectivity index (χ0n) is 15.5. The highest BCUT2D eigenvalue weighted by molar-refractivity contribution is 7.90. The van der Waals surface area contributed by atoms with Crippen LogP contribution >= 0.6 is 0 Å². The van der Waals surface area contributed by atoms with E-state index in [0.29, 0.717) is 12.0 Å². The fourth-order valence-electron chi connectivity index (χ4n) is 2.54. The minimum atomic E-state index is -3.29. The summed E-state index contributed by atoms with van der Waals surface area (Å²) in [7, 11) is -3.29. The maximum atomic E-state index is 12.9. The van der Waals surface area contributed by atoms with E-state index < -0.39 is 27.7 Å². The van der Waals surface area contributed by atoms with E-state index in [4.69, 9.17) is 0 Å². The maximum Gasteiger partial charge on any atom is 0.251 e. The van der Waals surface area contributed by atoms with Crippen molar-refractivity contribution in [2.45, 2.75) is 18.9 Å². The molecular formula is C20H23FN2O4S. The highest BCUT2D eigenvalue weighted by Gasteiger charge is 2.22. The molecule has 0 aliphatic heterocycles. The predicted octanol–water partition coefficient (Wildman–Crippen LogP) is 1.72. The molecule has 0 saturated carbocycles. The molecule has 6 nitrogen and oxygen atoms in total. The van der Waals surface area contributed by atoms with Crippen LogP contribution in [0, 0.1) is 5.82 Å². The maximum absolute atomic E-state index is 12.9. The summed E-state index contributed by atoms with van der Waals surface area (Å²) in [5.41, 5.74) is 1.23. The van der Waals surface area contributed by atoms with Crippen molar-refractivity contribution in [1.29, 1.82) is 0 Å². The fraction of sp³-hybridized carbons (Fsp3) is 0.300. The van der Waals surface area contributed by atoms with E-state index >= 15 is 0 Å². The summed E-state index contributed by atoms with van der Waals surface area (Å²) >= 11 is 0. The molecule has 0 aliphatic carbocycles. The molecule has 2 rings (SSSR count). The second-order valence-corrected chi connectivity index (χ2v) is 8.74. The standard InChI is InChI=1S/C20H23FN2O4S/c1-28(26,27)14-12-18(23-19(24)16-5-3-2-4-6-16)20(25)22-13-11-15-7-9-17(21)10-8-15/h2-10,18H,11-14H2,1H3,(H,22,25)(H,23,24)/t18-/m0/s1. The van der Waals surface area contributed by atoms with Gasteiger partial charge >= 0.3 is 0 Å². The van der Waals surface area contributed by atoms with Gasteiger partial charge in [0.25, 0.3) is 5.91 Å². The number of amides is 2. The average Bonchev–Trinajstić information content (AvgIpc) is 2.66. The van der Waals surface area contributed by atoms with Gasteiger partial charge in [0.1, 0.15) is 21.7 Å². The number of halogens is 1. The SMILES string of the molecule is CS(=O)(=O)CC[C@H](NC(=O)c1ccccc1)C(=O)NCCc1ccc(F)cc1. The summed E-state index contributed by atoms with van der Waals surface area (Å²) in [5.74, 6) is -1.47. The Bertz CT molecular complexity index is 900. The molecule has 0 radical (unpaired) electrons. The lowest BCUT2D eigenvalue weighted by Gasteiger charge is -2.18. The van der Waals surface area contributed by atoms with E-state index in [0.717, 1.165) is 11.8 Å². The van der Waals surface area contributed by atoms with Crippen molar-refractivity contribution in [3.63, 3.8) is 0 Å². The molecule has 0 fully saturated rings. The van der Waals surface area contributed by atoms with Gasteiger partial charge in [-0.05, 0) is 42.7 Å². The molecule has 2 amide bonds. The zero-order chi connectivity index (χ0) is 20.6. The molecule has 2 aromatic carbocycles. The first kappa shape index (κ1) is 21.6. The summed E-state index contributed by atoms with van der Waals surface area (Å²) in [6.45, 7) is 0.279. The third-order valence-electron chi connectivity index (χ3n) is 4.06. The van der Waals surface area contributed by atoms with Crippen LogP contribution < -0.4 is 10.6 Å². The van der Waals surface area contributed by atoms with Gasteiger partial charge in [0.05, 0.1) is 5.75 Å². The van der Waals surface area contributed by atoms with Crippen LogP contribution in [-0.4, -0.2) is 44.8 Å². The first-order valence-corrected chi connectivity index (χ1v) is 10.9. The van der Waals surface area contributed by atoms with Crippen molar-refractivity contribution in [3.05, 3.63) is 71.5 Å². The van der Waals surface area contributed by atoms with Crippen LogP contribution in [0.3, 0.4) is 0 Å². The third kappa shape index (κ3) is 7.48. The Morgan fingerprint density at radius 3 is 2.29 bits per heavy atom. The van der Waals surface area contributed by atoms with Crippen LogP contribution in [0.1, 0.15) is 22.3 Å². The Hall–Kier alpha value is -2.74. The molecule has 150 valence electrons. The summed E-state index contributed by atoms with van der Waals surface area (Å²) in [4.78, 5) is 24.8. The predicted molar refractivity (Wildman–Crippen MR) is 105 cm³/mol. The number of sulfone groups is 1. The second-order valence-electron chi connectivity index (χ2n) is 6.48. The number of carbonyl (C=O) groups is 2. The Labute approximate surface area is 164 Å². The van der Waals surface area contributed by atoms with Crippen molar-refractivity contribution in [2.75, 3.05) is 18.6 Å². The average molecular weight is 406 g/mol. The van der Waals surface area contributed by atoms with Gasteiger partial charge in [-0.1, -0.05) is 30.3 Å². The molecule has 2 N–H and O–H groups in total. The Morgan fingerprint density at radius 1 is 1.04 bits per heavy atom. The molecule has 0 heterocycles. The molecule has 1 atom stereocenters. The molecule has 2 aromatic rings. The Balaban J connectivity index is 1.97. The first-order chi connectivity index (χ1) is 13.2. The van der Waals surface area contributed by atoms with Crippen molar-refractivity contribution in [1.82, 2.24) is 10.6 Å². The zero-order valence-corrected chi connectivity index (χ0v) is 16.3. The Morgan fingerprint density at radius 2 is 1.68 bits per heavy atom. The van der Waals surface area contributed by atoms with E-state index in [9.17, 15) is 22.4 Å². The minimum Gasteiger partial charge on any atom is -0.354 e. The van der Waals surface area contributed by atoms with Crippen LogP contribution in [0.5, 0.6) is 0 Å². The number of hydrogen-bond acceptors (Lipinski definition) is 4. The smallest absolute Gasteiger partial charge is 0.251 e. The van der Waals surface area contributed by atoms with E-state index in [-0.39, 0.29) is 24.5 Å². The monoisotopic (exact) mass is 406 g/mol. The van der Waals surface area contributed by atoms with Crippen LogP contribution in [-0.2, 0) is 21.1 Å². The van der Waals surface area contributed by atoms with Gasteiger partial charge in [0, 0.05) is 18.4 Å². The van der Waals surface area contributed by atoms with Gasteiger partial charge in [0.2, 0.25) is 5.91 Å². The lowest BCUT2D eigenvalue weighted by molar-refractivity contribution is -0.122. The topological polar surface area (TPSA) is 92.3 Å². The summed E-state index contributed by atoms with van der Waals surface area (Å²) in [5, 5.41) is 5.29. The highest BCUT2D eigenvalue weighted by Crippen LogP contribution is 2.05. The molecule has 0 aromatic heterocycles. The Kier molecular flexibility index (Phi) is 7.69. The molecule has 0 aliphatic rings. The highest BCUT2D eigenvalue weighted by atomic mass is 32.2. The molecule has 0 saturated heterocycles. The second kappa shape index (κ2) is 9.98. The molecule has 8 heteroatoms. The minimum absolute atomic E-state index is 0.0280.